The van der Waals surface area contributed by atoms with Gasteiger partial charge in [0, 0.05) is 137 Å². The zero-order valence-corrected chi connectivity index (χ0v) is 83.7. The summed E-state index contributed by atoms with van der Waals surface area (Å²) in [5, 5.41) is 176. The number of hydrogen-bond acceptors (Lipinski definition) is 40. The van der Waals surface area contributed by atoms with Crippen LogP contribution in [0.15, 0.2) is 139 Å². The minimum absolute atomic E-state index is 0.00581. The number of anilines is 4. The Morgan fingerprint density at radius 3 is 1.32 bits per heavy atom. The van der Waals surface area contributed by atoms with Crippen LogP contribution in [0, 0.1) is 23.7 Å². The Hall–Kier alpha value is -13.4. The Morgan fingerprint density at radius 2 is 0.844 bits per heavy atom. The molecule has 12 rings (SSSR count). The number of nitrogens with zero attached hydrogens (tertiary/aromatic N) is 3. The second-order valence-electron chi connectivity index (χ2n) is 36.8. The summed E-state index contributed by atoms with van der Waals surface area (Å²) >= 11 is 0. The van der Waals surface area contributed by atoms with E-state index < -0.39 is 205 Å². The number of ether oxygens (including phenoxy) is 8. The molecule has 0 saturated carbocycles. The van der Waals surface area contributed by atoms with Crippen molar-refractivity contribution >= 4 is 106 Å². The van der Waals surface area contributed by atoms with E-state index in [1.54, 1.807) is 130 Å². The van der Waals surface area contributed by atoms with E-state index in [1.807, 2.05) is 4.90 Å². The first-order chi connectivity index (χ1) is 69.2. The molecule has 7 aliphatic rings. The molecule has 0 spiro atoms. The van der Waals surface area contributed by atoms with Gasteiger partial charge in [0.15, 0.2) is 29.0 Å². The number of methoxy groups -OCH3 is 1. The second-order valence-corrected chi connectivity index (χ2v) is 36.8. The Balaban J connectivity index is 0.000000224. The van der Waals surface area contributed by atoms with Crippen LogP contribution in [0.2, 0.25) is 0 Å². The molecule has 2 saturated heterocycles. The molecule has 3 unspecified atom stereocenters. The number of amides is 1. The smallest absolute Gasteiger partial charge is 0.344 e. The zero-order chi connectivity index (χ0) is 109. The average Bonchev–Trinajstić information content (AvgIpc) is 1.61. The van der Waals surface area contributed by atoms with E-state index in [-0.39, 0.29) is 130 Å². The Labute approximate surface area is 847 Å². The molecule has 7 aliphatic heterocycles. The van der Waals surface area contributed by atoms with Crippen LogP contribution in [0.1, 0.15) is 181 Å². The number of aromatic hydroxyl groups is 5. The number of carbonyl (C=O) groups is 11. The van der Waals surface area contributed by atoms with E-state index in [9.17, 15) is 139 Å². The topological polar surface area (TPSA) is 649 Å². The molecule has 5 aromatic carbocycles. The van der Waals surface area contributed by atoms with E-state index in [2.05, 4.69) is 10.6 Å². The predicted molar refractivity (Wildman–Crippen MR) is 532 cm³/mol. The van der Waals surface area contributed by atoms with Crippen LogP contribution < -0.4 is 34.8 Å². The first-order valence-electron chi connectivity index (χ1n) is 47.4. The molecular formula is C105H132FN5O36. The molecule has 7 heterocycles. The van der Waals surface area contributed by atoms with Crippen molar-refractivity contribution in [1.29, 1.82) is 0 Å². The number of cyclic esters (lactones) is 5. The normalized spacial score (nSPS) is 29.4. The SMILES string of the molecule is COc1cc(O)c2c(c1)NC(=O)C[C@H](O)[C@H](O)C(=O)/C=C\C[C@H](C)OC2=O.C[C@@H]1/C=C(/F)C(=O)[C@@H](O)C(O)CC2NC2c2cc(N(C)C)cc(O)c2C(=O)O[C@H]1C.C[C@@H]1/C=C\C(=O)[C@@H](O)[C@@H](O)C/C=C/c2cc(N(C)C)cc(O)c2C(=O)O[C@H]1C.C[C@@H]1/C=C\C(=O)[C@@H](O)[C@@H](O)C/C=C/c2cc(N3CCOCC3)cc(O)c2C(=O)O[C@H]1C.C[C@@H]1/C=C\C(=O)[C@@H](O)[C@@H](O)C/C=C/c2cc(OC[C@H](O)CO)cc(O)c2C(=O)O[C@H]1C. The summed E-state index contributed by atoms with van der Waals surface area (Å²) in [6, 6.07) is 14.0. The van der Waals surface area contributed by atoms with Crippen molar-refractivity contribution < 1.29 is 182 Å². The van der Waals surface area contributed by atoms with Gasteiger partial charge in [0.1, 0.15) is 142 Å². The predicted octanol–water partition coefficient (Wildman–Crippen LogP) is 5.87. The molecule has 19 N–H and O–H groups in total. The molecule has 800 valence electrons. The van der Waals surface area contributed by atoms with Gasteiger partial charge in [-0.2, -0.15) is 0 Å². The lowest BCUT2D eigenvalue weighted by molar-refractivity contribution is -0.131. The number of esters is 5. The molecule has 0 radical (unpaired) electrons. The summed E-state index contributed by atoms with van der Waals surface area (Å²) in [5.41, 5.74) is 3.15. The molecule has 1 amide bonds. The third-order valence-electron chi connectivity index (χ3n) is 24.9. The average molecular weight is 2060 g/mol. The van der Waals surface area contributed by atoms with Crippen LogP contribution >= 0.6 is 0 Å². The maximum absolute atomic E-state index is 14.3. The van der Waals surface area contributed by atoms with Gasteiger partial charge in [-0.1, -0.05) is 88.5 Å². The quantitative estimate of drug-likeness (QED) is 0.0490. The van der Waals surface area contributed by atoms with Gasteiger partial charge in [0.2, 0.25) is 11.7 Å². The third kappa shape index (κ3) is 33.3. The molecule has 2 fully saturated rings. The number of halogens is 1. The molecular weight excluding hydrogens is 1930 g/mol. The summed E-state index contributed by atoms with van der Waals surface area (Å²) in [6.45, 7) is 16.6. The summed E-state index contributed by atoms with van der Waals surface area (Å²) in [4.78, 5) is 141. The lowest BCUT2D eigenvalue weighted by Crippen LogP contribution is -2.36. The van der Waals surface area contributed by atoms with Crippen LogP contribution in [0.3, 0.4) is 0 Å². The summed E-state index contributed by atoms with van der Waals surface area (Å²) in [5.74, 6) is -12.6. The Kier molecular flexibility index (Phi) is 44.3. The van der Waals surface area contributed by atoms with E-state index in [4.69, 9.17) is 43.0 Å². The second kappa shape index (κ2) is 54.8. The number of phenolic OH excluding ortho intramolecular Hbond substituents is 5. The number of morpholine rings is 1. The number of ketones is 5. The standard InChI is InChI=1S/C23H29NO7.C22H28O9.C21H27FN2O6.C21H27NO6.C18H21NO8/c1-14-6-7-19(26)22(28)18(25)5-3-4-16-12-17(24-8-10-30-11-9-24)13-20(27)21(16)23(29)31-15(14)2;1-12-6-7-18(26)21(28)17(25)5-3-4-14-8-16(30-11-15(24)10-23)9-19(27)20(14)22(29)31-13(12)2;1-9-5-13(22)19(27)20(28)16(26)8-14-18(23-14)12-6-11(24(3)4)7-15(25)17(12)21(29)30-10(9)2;1-12-8-9-17(24)20(26)16(23)7-5-6-14-10-15(22(3)4)11-18(25)19(14)21(27)28-13(12)2;1-9-4-3-5-12(20)17(24)14(22)8-15(23)19-11-6-10(26-2)7-13(21)16(11)18(25)27-9/h3-4,6-7,12-15,18,22,25,27-28H,5,8-11H2,1-2H3;3-4,6-9,12-13,15,17,21,23-25,27-28H,5,10-11H2,1-2H3;5-7,9-10,14,16,18,20,23,25-26,28H,8H2,1-4H3;5-6,8-13,16,20,23,25-26H,7H2,1-4H3;3,5-7,9,14,17,21-22,24H,4,8H2,1-2H3,(H,19,23)/b2*4-3+,7-6-;13-5+;6-5+,9-8-;5-3-/t14-,15+,18+,22+;12-,13+,15-,17+,21+;9-,10+,14?,16?,18?,20+;12-,13+,16+,20+;9-,14-,17+/m11110/s1. The Bertz CT molecular complexity index is 5780. The number of aliphatic hydroxyl groups excluding tert-OH is 12. The first kappa shape index (κ1) is 119. The number of Topliss-reactive ketones (excluding diaryl/α,β-unsaturated/α-hetero) is 1. The number of phenols is 5. The van der Waals surface area contributed by atoms with Gasteiger partial charge >= 0.3 is 29.8 Å². The molecule has 5 aromatic rings. The van der Waals surface area contributed by atoms with Crippen molar-refractivity contribution in [1.82, 2.24) is 5.32 Å². The maximum atomic E-state index is 14.3. The molecule has 0 aliphatic carbocycles. The van der Waals surface area contributed by atoms with Gasteiger partial charge in [-0.25, -0.2) is 28.4 Å². The molecule has 0 aromatic heterocycles. The highest BCUT2D eigenvalue weighted by molar-refractivity contribution is 6.05. The minimum atomic E-state index is -1.90. The van der Waals surface area contributed by atoms with Gasteiger partial charge in [0.05, 0.1) is 69.6 Å². The molecule has 41 nitrogen and oxygen atoms in total. The zero-order valence-electron chi connectivity index (χ0n) is 83.7. The van der Waals surface area contributed by atoms with Crippen LogP contribution in [0.5, 0.6) is 40.2 Å². The fourth-order valence-electron chi connectivity index (χ4n) is 15.0. The third-order valence-corrected chi connectivity index (χ3v) is 24.9. The largest absolute Gasteiger partial charge is 0.507 e. The maximum Gasteiger partial charge on any atom is 0.344 e. The fraction of sp³-hybridized carbons (Fsp3) is 0.457. The van der Waals surface area contributed by atoms with Crippen molar-refractivity contribution in [3.05, 3.63) is 189 Å². The molecule has 22 atom stereocenters. The van der Waals surface area contributed by atoms with E-state index >= 15 is 0 Å². The lowest BCUT2D eigenvalue weighted by atomic mass is 9.95. The Morgan fingerprint density at radius 1 is 0.442 bits per heavy atom. The van der Waals surface area contributed by atoms with Gasteiger partial charge in [-0.3, -0.25) is 28.8 Å². The highest BCUT2D eigenvalue weighted by Crippen LogP contribution is 2.43. The fourth-order valence-corrected chi connectivity index (χ4v) is 15.0. The summed E-state index contributed by atoms with van der Waals surface area (Å²) < 4.78 is 57.1. The monoisotopic (exact) mass is 2060 g/mol. The van der Waals surface area contributed by atoms with Crippen LogP contribution in [0.25, 0.3) is 18.2 Å². The number of carbonyl (C=O) groups excluding carboxylic acids is 11. The van der Waals surface area contributed by atoms with Gasteiger partial charge in [-0.15, -0.1) is 0 Å². The van der Waals surface area contributed by atoms with Gasteiger partial charge < -0.3 is 150 Å². The van der Waals surface area contributed by atoms with E-state index in [0.29, 0.717) is 54.4 Å². The van der Waals surface area contributed by atoms with Crippen molar-refractivity contribution in [2.24, 2.45) is 23.7 Å². The molecule has 147 heavy (non-hydrogen) atoms. The highest BCUT2D eigenvalue weighted by atomic mass is 19.1. The van der Waals surface area contributed by atoms with Crippen molar-refractivity contribution in [2.75, 3.05) is 94.8 Å². The molecule has 42 heteroatoms. The van der Waals surface area contributed by atoms with Gasteiger partial charge in [0.25, 0.3) is 0 Å². The van der Waals surface area contributed by atoms with Crippen LogP contribution in [-0.4, -0.2) is 330 Å². The van der Waals surface area contributed by atoms with Crippen molar-refractivity contribution in [3.63, 3.8) is 0 Å². The van der Waals surface area contributed by atoms with E-state index in [0.717, 1.165) is 23.9 Å². The van der Waals surface area contributed by atoms with Crippen molar-refractivity contribution in [3.8, 4) is 40.2 Å². The van der Waals surface area contributed by atoms with Crippen LogP contribution in [-0.2, 0) is 57.2 Å². The van der Waals surface area contributed by atoms with Crippen molar-refractivity contribution in [2.45, 2.75) is 211 Å². The number of fused-ring (bicyclic) bond motifs is 7. The number of aliphatic hydroxyl groups is 12. The van der Waals surface area contributed by atoms with E-state index in [1.165, 1.54) is 111 Å². The van der Waals surface area contributed by atoms with Gasteiger partial charge in [-0.05, 0) is 137 Å². The first-order valence-corrected chi connectivity index (χ1v) is 47.4. The highest BCUT2D eigenvalue weighted by Gasteiger charge is 2.45. The minimum Gasteiger partial charge on any atom is -0.507 e. The summed E-state index contributed by atoms with van der Waals surface area (Å²) in [6.07, 6.45) is 0.0234. The number of nitrogens with one attached hydrogen (secondary N) is 2. The van der Waals surface area contributed by atoms with Crippen LogP contribution in [0.4, 0.5) is 27.1 Å². The number of benzene rings is 5. The number of hydrogen-bond donors (Lipinski definition) is 19. The molecule has 0 bridgehead atoms. The lowest BCUT2D eigenvalue weighted by Gasteiger charge is -2.29. The number of rotatable bonds is 8. The summed E-state index contributed by atoms with van der Waals surface area (Å²) in [7, 11) is 8.51.